The van der Waals surface area contributed by atoms with E-state index in [4.69, 9.17) is 9.16 Å². The third kappa shape index (κ3) is 4.19. The Labute approximate surface area is 164 Å². The molecule has 4 heteroatoms. The summed E-state index contributed by atoms with van der Waals surface area (Å²) in [5, 5.41) is 12.0. The highest BCUT2D eigenvalue weighted by Crippen LogP contribution is 2.39. The van der Waals surface area contributed by atoms with Gasteiger partial charge in [0.15, 0.2) is 0 Å². The number of benzene rings is 2. The molecule has 0 radical (unpaired) electrons. The average Bonchev–Trinajstić information content (AvgIpc) is 2.68. The third-order valence-corrected chi connectivity index (χ3v) is 10.6. The summed E-state index contributed by atoms with van der Waals surface area (Å²) in [6, 6.07) is 21.4. The fraction of sp³-hybridized carbons (Fsp3) is 0.478. The Balaban J connectivity index is 2.11. The van der Waals surface area contributed by atoms with E-state index in [0.717, 1.165) is 19.4 Å². The molecule has 1 saturated heterocycles. The summed E-state index contributed by atoms with van der Waals surface area (Å²) in [6.45, 7) is 7.77. The Morgan fingerprint density at radius 3 is 2.04 bits per heavy atom. The van der Waals surface area contributed by atoms with Crippen LogP contribution in [0.1, 0.15) is 40.0 Å². The van der Waals surface area contributed by atoms with E-state index in [0.29, 0.717) is 6.42 Å². The van der Waals surface area contributed by atoms with Crippen molar-refractivity contribution in [3.63, 3.8) is 0 Å². The molecule has 1 fully saturated rings. The van der Waals surface area contributed by atoms with Crippen molar-refractivity contribution in [1.29, 1.82) is 0 Å². The summed E-state index contributed by atoms with van der Waals surface area (Å²) in [5.74, 6) is 0. The molecular formula is C23H32O3Si. The number of ether oxygens (including phenoxy) is 1. The summed E-state index contributed by atoms with van der Waals surface area (Å²) in [7, 11) is -2.57. The second-order valence-electron chi connectivity index (χ2n) is 8.38. The van der Waals surface area contributed by atoms with Crippen LogP contribution >= 0.6 is 0 Å². The first-order chi connectivity index (χ1) is 13.0. The van der Waals surface area contributed by atoms with E-state index in [2.05, 4.69) is 81.4 Å². The molecule has 2 atom stereocenters. The quantitative estimate of drug-likeness (QED) is 0.775. The van der Waals surface area contributed by atoms with Crippen molar-refractivity contribution >= 4 is 18.7 Å². The van der Waals surface area contributed by atoms with Gasteiger partial charge in [-0.2, -0.15) is 0 Å². The van der Waals surface area contributed by atoms with E-state index in [1.165, 1.54) is 10.4 Å². The van der Waals surface area contributed by atoms with Crippen LogP contribution in [0.5, 0.6) is 0 Å². The lowest BCUT2D eigenvalue weighted by molar-refractivity contribution is -0.0746. The van der Waals surface area contributed by atoms with Crippen LogP contribution in [0.3, 0.4) is 0 Å². The van der Waals surface area contributed by atoms with Gasteiger partial charge in [0.1, 0.15) is 0 Å². The normalized spacial score (nSPS) is 21.2. The van der Waals surface area contributed by atoms with E-state index >= 15 is 0 Å². The van der Waals surface area contributed by atoms with Crippen molar-refractivity contribution in [3.8, 4) is 0 Å². The second kappa shape index (κ2) is 8.70. The zero-order valence-electron chi connectivity index (χ0n) is 16.7. The monoisotopic (exact) mass is 384 g/mol. The molecule has 1 N–H and O–H groups in total. The minimum atomic E-state index is -2.57. The van der Waals surface area contributed by atoms with Gasteiger partial charge in [0, 0.05) is 13.2 Å². The van der Waals surface area contributed by atoms with E-state index in [1.807, 2.05) is 0 Å². The van der Waals surface area contributed by atoms with Gasteiger partial charge in [0.25, 0.3) is 8.32 Å². The maximum Gasteiger partial charge on any atom is 0.261 e. The maximum atomic E-state index is 9.50. The van der Waals surface area contributed by atoms with Gasteiger partial charge in [-0.15, -0.1) is 0 Å². The summed E-state index contributed by atoms with van der Waals surface area (Å²) in [5.41, 5.74) is 0. The van der Waals surface area contributed by atoms with Crippen molar-refractivity contribution in [2.75, 3.05) is 13.2 Å². The second-order valence-corrected chi connectivity index (χ2v) is 12.6. The Morgan fingerprint density at radius 1 is 1.00 bits per heavy atom. The molecule has 1 aliphatic heterocycles. The van der Waals surface area contributed by atoms with E-state index in [-0.39, 0.29) is 23.9 Å². The van der Waals surface area contributed by atoms with Crippen molar-refractivity contribution in [2.24, 2.45) is 0 Å². The van der Waals surface area contributed by atoms with Gasteiger partial charge in [-0.25, -0.2) is 0 Å². The Bertz CT molecular complexity index is 655. The first kappa shape index (κ1) is 20.3. The first-order valence-corrected chi connectivity index (χ1v) is 11.9. The van der Waals surface area contributed by atoms with Gasteiger partial charge in [0.05, 0.1) is 12.2 Å². The van der Waals surface area contributed by atoms with Gasteiger partial charge >= 0.3 is 0 Å². The molecule has 1 aliphatic rings. The maximum absolute atomic E-state index is 9.50. The molecule has 0 bridgehead atoms. The standard InChI is InChI=1S/C23H32O3Si/c1-23(2,3)27(19-11-6-4-7-12-19,20-13-8-5-9-14-20)26-22-15-10-18-25-21(22)16-17-24/h4-9,11-14,21-22,24H,10,15-18H2,1-3H3/t21-,22+/m0/s1. The number of aliphatic hydroxyl groups is 1. The van der Waals surface area contributed by atoms with E-state index in [9.17, 15) is 5.11 Å². The van der Waals surface area contributed by atoms with E-state index < -0.39 is 8.32 Å². The van der Waals surface area contributed by atoms with Crippen LogP contribution in [0.4, 0.5) is 0 Å². The predicted octanol–water partition coefficient (Wildman–Crippen LogP) is 3.49. The zero-order valence-corrected chi connectivity index (χ0v) is 17.7. The average molecular weight is 385 g/mol. The molecule has 0 saturated carbocycles. The van der Waals surface area contributed by atoms with Crippen molar-refractivity contribution in [2.45, 2.75) is 57.3 Å². The molecule has 0 spiro atoms. The predicted molar refractivity (Wildman–Crippen MR) is 113 cm³/mol. The molecule has 2 aromatic rings. The number of hydrogen-bond donors (Lipinski definition) is 1. The van der Waals surface area contributed by atoms with Crippen LogP contribution in [0.25, 0.3) is 0 Å². The molecule has 3 nitrogen and oxygen atoms in total. The zero-order chi connectivity index (χ0) is 19.3. The first-order valence-electron chi connectivity index (χ1n) is 10.0. The van der Waals surface area contributed by atoms with Crippen LogP contribution in [0, 0.1) is 0 Å². The Kier molecular flexibility index (Phi) is 6.53. The van der Waals surface area contributed by atoms with Gasteiger partial charge in [0.2, 0.25) is 0 Å². The van der Waals surface area contributed by atoms with Crippen molar-refractivity contribution in [1.82, 2.24) is 0 Å². The summed E-state index contributed by atoms with van der Waals surface area (Å²) in [6.07, 6.45) is 2.59. The smallest absolute Gasteiger partial charge is 0.261 e. The van der Waals surface area contributed by atoms with E-state index in [1.54, 1.807) is 0 Å². The van der Waals surface area contributed by atoms with Crippen LogP contribution in [0.15, 0.2) is 60.7 Å². The van der Waals surface area contributed by atoms with Crippen molar-refractivity contribution in [3.05, 3.63) is 60.7 Å². The number of rotatable bonds is 6. The Hall–Kier alpha value is -1.46. The summed E-state index contributed by atoms with van der Waals surface area (Å²) in [4.78, 5) is 0. The fourth-order valence-electron chi connectivity index (χ4n) is 4.26. The SMILES string of the molecule is CC(C)(C)[Si](O[C@@H]1CCCO[C@H]1CCO)(c1ccccc1)c1ccccc1. The van der Waals surface area contributed by atoms with Gasteiger partial charge in [-0.05, 0) is 34.7 Å². The molecule has 3 rings (SSSR count). The largest absolute Gasteiger partial charge is 0.402 e. The van der Waals surface area contributed by atoms with Gasteiger partial charge in [-0.1, -0.05) is 81.4 Å². The minimum Gasteiger partial charge on any atom is -0.402 e. The molecule has 0 amide bonds. The molecular weight excluding hydrogens is 352 g/mol. The topological polar surface area (TPSA) is 38.7 Å². The summed E-state index contributed by atoms with van der Waals surface area (Å²) >= 11 is 0. The molecule has 0 unspecified atom stereocenters. The lowest BCUT2D eigenvalue weighted by Gasteiger charge is -2.47. The molecule has 0 aromatic heterocycles. The Morgan fingerprint density at radius 2 is 1.56 bits per heavy atom. The highest BCUT2D eigenvalue weighted by atomic mass is 28.4. The van der Waals surface area contributed by atoms with Gasteiger partial charge < -0.3 is 14.3 Å². The highest BCUT2D eigenvalue weighted by Gasteiger charge is 2.52. The lowest BCUT2D eigenvalue weighted by atomic mass is 10.0. The van der Waals surface area contributed by atoms with Crippen LogP contribution in [-0.4, -0.2) is 38.8 Å². The fourth-order valence-corrected chi connectivity index (χ4v) is 9.00. The van der Waals surface area contributed by atoms with Crippen LogP contribution in [-0.2, 0) is 9.16 Å². The third-order valence-electron chi connectivity index (χ3n) is 5.54. The highest BCUT2D eigenvalue weighted by molar-refractivity contribution is 6.99. The molecule has 1 heterocycles. The number of hydrogen-bond acceptors (Lipinski definition) is 3. The summed E-state index contributed by atoms with van der Waals surface area (Å²) < 4.78 is 13.2. The molecule has 27 heavy (non-hydrogen) atoms. The van der Waals surface area contributed by atoms with Crippen LogP contribution < -0.4 is 10.4 Å². The molecule has 0 aliphatic carbocycles. The lowest BCUT2D eigenvalue weighted by Crippen LogP contribution is -2.68. The number of aliphatic hydroxyl groups excluding tert-OH is 1. The van der Waals surface area contributed by atoms with Gasteiger partial charge in [-0.3, -0.25) is 0 Å². The molecule has 146 valence electrons. The minimum absolute atomic E-state index is 0.0113. The molecule has 2 aromatic carbocycles. The van der Waals surface area contributed by atoms with Crippen LogP contribution in [0.2, 0.25) is 5.04 Å². The van der Waals surface area contributed by atoms with Crippen molar-refractivity contribution < 1.29 is 14.3 Å².